The molecule has 1 heterocycles. The van der Waals surface area contributed by atoms with Gasteiger partial charge in [0.15, 0.2) is 6.29 Å². The molecule has 0 unspecified atom stereocenters. The number of hydrogen-bond acceptors (Lipinski definition) is 2. The molecule has 2 aromatic rings. The number of aromatic nitrogens is 1. The number of hydrogen-bond donors (Lipinski definition) is 1. The van der Waals surface area contributed by atoms with E-state index in [9.17, 15) is 4.79 Å². The fourth-order valence-corrected chi connectivity index (χ4v) is 1.39. The lowest BCUT2D eigenvalue weighted by Crippen LogP contribution is -1.76. The third-order valence-corrected chi connectivity index (χ3v) is 1.97. The van der Waals surface area contributed by atoms with Crippen molar-refractivity contribution in [1.82, 2.24) is 4.98 Å². The summed E-state index contributed by atoms with van der Waals surface area (Å²) in [6.07, 6.45) is 0.643. The summed E-state index contributed by atoms with van der Waals surface area (Å²) in [7, 11) is 0. The van der Waals surface area contributed by atoms with Gasteiger partial charge in [0, 0.05) is 15.8 Å². The van der Waals surface area contributed by atoms with Gasteiger partial charge in [-0.15, -0.1) is 0 Å². The number of H-pyrrole nitrogens is 1. The molecule has 1 N–H and O–H groups in total. The fourth-order valence-electron chi connectivity index (χ4n) is 1.39. The van der Waals surface area contributed by atoms with Gasteiger partial charge in [0.25, 0.3) is 0 Å². The monoisotopic (exact) mass is 186 g/mol. The largest absolute Gasteiger partial charge is 0.352 e. The van der Waals surface area contributed by atoms with Crippen LogP contribution in [0.5, 0.6) is 0 Å². The summed E-state index contributed by atoms with van der Waals surface area (Å²) in [5.41, 5.74) is 9.80. The van der Waals surface area contributed by atoms with E-state index in [-0.39, 0.29) is 0 Å². The first-order valence-electron chi connectivity index (χ1n) is 3.98. The molecule has 1 aromatic carbocycles. The van der Waals surface area contributed by atoms with Crippen LogP contribution < -0.4 is 0 Å². The summed E-state index contributed by atoms with van der Waals surface area (Å²) in [4.78, 5) is 16.2. The van der Waals surface area contributed by atoms with E-state index in [1.54, 1.807) is 6.07 Å². The number of para-hydroxylation sites is 1. The minimum atomic E-state index is 0.309. The van der Waals surface area contributed by atoms with Gasteiger partial charge in [0.05, 0.1) is 11.4 Å². The molecule has 0 fully saturated rings. The summed E-state index contributed by atoms with van der Waals surface area (Å²) in [6.45, 7) is 0. The number of nitrogens with zero attached hydrogens (tertiary/aromatic N) is 3. The zero-order valence-corrected chi connectivity index (χ0v) is 7.14. The van der Waals surface area contributed by atoms with Gasteiger partial charge in [0.1, 0.15) is 0 Å². The van der Waals surface area contributed by atoms with Crippen LogP contribution in [0.2, 0.25) is 0 Å². The minimum Gasteiger partial charge on any atom is -0.352 e. The maximum atomic E-state index is 10.7. The number of aldehydes is 1. The molecule has 0 aliphatic carbocycles. The molecule has 1 aromatic heterocycles. The number of azide groups is 1. The zero-order chi connectivity index (χ0) is 9.97. The third-order valence-electron chi connectivity index (χ3n) is 1.97. The van der Waals surface area contributed by atoms with Crippen LogP contribution in [0.15, 0.2) is 29.4 Å². The van der Waals surface area contributed by atoms with E-state index in [1.807, 2.05) is 18.2 Å². The number of nitrogens with one attached hydrogen (secondary N) is 1. The van der Waals surface area contributed by atoms with E-state index in [0.29, 0.717) is 17.7 Å². The quantitative estimate of drug-likeness (QED) is 0.332. The fraction of sp³-hybridized carbons (Fsp3) is 0. The van der Waals surface area contributed by atoms with Crippen molar-refractivity contribution in [3.8, 4) is 0 Å². The smallest absolute Gasteiger partial charge is 0.166 e. The van der Waals surface area contributed by atoms with Gasteiger partial charge in [-0.3, -0.25) is 4.79 Å². The highest BCUT2D eigenvalue weighted by Gasteiger charge is 2.07. The molecular weight excluding hydrogens is 180 g/mol. The van der Waals surface area contributed by atoms with E-state index >= 15 is 0 Å². The van der Waals surface area contributed by atoms with Crippen molar-refractivity contribution < 1.29 is 4.79 Å². The Morgan fingerprint density at radius 1 is 1.43 bits per heavy atom. The lowest BCUT2D eigenvalue weighted by atomic mass is 10.2. The van der Waals surface area contributed by atoms with Gasteiger partial charge in [-0.1, -0.05) is 23.3 Å². The van der Waals surface area contributed by atoms with Gasteiger partial charge in [-0.2, -0.15) is 0 Å². The second kappa shape index (κ2) is 3.24. The van der Waals surface area contributed by atoms with Crippen molar-refractivity contribution in [3.63, 3.8) is 0 Å². The Hall–Kier alpha value is -2.26. The maximum Gasteiger partial charge on any atom is 0.166 e. The summed E-state index contributed by atoms with van der Waals surface area (Å²) in [5, 5.41) is 4.24. The predicted octanol–water partition coefficient (Wildman–Crippen LogP) is 2.92. The van der Waals surface area contributed by atoms with Crippen LogP contribution in [0.25, 0.3) is 21.3 Å². The van der Waals surface area contributed by atoms with Crippen molar-refractivity contribution in [2.75, 3.05) is 0 Å². The first kappa shape index (κ1) is 8.34. The molecule has 2 rings (SSSR count). The Kier molecular flexibility index (Phi) is 1.93. The Balaban J connectivity index is 2.86. The molecule has 0 saturated heterocycles. The Bertz CT molecular complexity index is 537. The number of carbonyl (C=O) groups is 1. The van der Waals surface area contributed by atoms with Crippen molar-refractivity contribution in [2.24, 2.45) is 5.11 Å². The van der Waals surface area contributed by atoms with Gasteiger partial charge in [-0.05, 0) is 11.6 Å². The van der Waals surface area contributed by atoms with Crippen LogP contribution in [-0.4, -0.2) is 11.3 Å². The molecule has 14 heavy (non-hydrogen) atoms. The van der Waals surface area contributed by atoms with E-state index < -0.39 is 0 Å². The normalized spacial score (nSPS) is 9.71. The second-order valence-electron chi connectivity index (χ2n) is 2.74. The van der Waals surface area contributed by atoms with Crippen LogP contribution in [-0.2, 0) is 0 Å². The molecule has 0 bridgehead atoms. The van der Waals surface area contributed by atoms with E-state index in [0.717, 1.165) is 10.9 Å². The molecule has 0 radical (unpaired) electrons. The van der Waals surface area contributed by atoms with Gasteiger partial charge in [-0.25, -0.2) is 0 Å². The van der Waals surface area contributed by atoms with Crippen molar-refractivity contribution >= 4 is 22.9 Å². The topological polar surface area (TPSA) is 81.6 Å². The Labute approximate surface area is 79.0 Å². The molecule has 5 heteroatoms. The minimum absolute atomic E-state index is 0.309. The maximum absolute atomic E-state index is 10.7. The Morgan fingerprint density at radius 2 is 2.21 bits per heavy atom. The number of rotatable bonds is 2. The summed E-state index contributed by atoms with van der Waals surface area (Å²) in [5.74, 6) is 0. The predicted molar refractivity (Wildman–Crippen MR) is 52.5 cm³/mol. The molecule has 0 atom stereocenters. The lowest BCUT2D eigenvalue weighted by Gasteiger charge is -1.88. The highest BCUT2D eigenvalue weighted by molar-refractivity contribution is 6.00. The molecular formula is C9H6N4O. The molecule has 0 aliphatic heterocycles. The SMILES string of the molecule is [N-]=[N+]=Nc1c(C=O)[nH]c2ccccc12. The second-order valence-corrected chi connectivity index (χ2v) is 2.74. The Morgan fingerprint density at radius 3 is 2.93 bits per heavy atom. The highest BCUT2D eigenvalue weighted by Crippen LogP contribution is 2.29. The molecule has 0 spiro atoms. The number of fused-ring (bicyclic) bond motifs is 1. The van der Waals surface area contributed by atoms with Gasteiger partial charge < -0.3 is 4.98 Å². The van der Waals surface area contributed by atoms with E-state index in [4.69, 9.17) is 5.53 Å². The third kappa shape index (κ3) is 1.12. The summed E-state index contributed by atoms with van der Waals surface area (Å²) in [6, 6.07) is 7.27. The molecule has 0 amide bonds. The summed E-state index contributed by atoms with van der Waals surface area (Å²) >= 11 is 0. The first-order valence-corrected chi connectivity index (χ1v) is 3.98. The van der Waals surface area contributed by atoms with E-state index in [1.165, 1.54) is 0 Å². The van der Waals surface area contributed by atoms with Crippen LogP contribution >= 0.6 is 0 Å². The first-order chi connectivity index (χ1) is 6.86. The number of aromatic amines is 1. The molecule has 0 saturated carbocycles. The lowest BCUT2D eigenvalue weighted by molar-refractivity contribution is 0.112. The molecule has 5 nitrogen and oxygen atoms in total. The average molecular weight is 186 g/mol. The standard InChI is InChI=1S/C9H6N4O/c10-13-12-9-6-3-1-2-4-7(6)11-8(9)5-14/h1-5,11H. The van der Waals surface area contributed by atoms with Crippen molar-refractivity contribution in [1.29, 1.82) is 0 Å². The summed E-state index contributed by atoms with van der Waals surface area (Å²) < 4.78 is 0. The highest BCUT2D eigenvalue weighted by atomic mass is 16.1. The molecule has 68 valence electrons. The number of carbonyl (C=O) groups excluding carboxylic acids is 1. The van der Waals surface area contributed by atoms with Crippen molar-refractivity contribution in [3.05, 3.63) is 40.4 Å². The number of benzene rings is 1. The zero-order valence-electron chi connectivity index (χ0n) is 7.14. The van der Waals surface area contributed by atoms with Crippen LogP contribution in [0.3, 0.4) is 0 Å². The van der Waals surface area contributed by atoms with Gasteiger partial charge in [0.2, 0.25) is 0 Å². The van der Waals surface area contributed by atoms with Gasteiger partial charge >= 0.3 is 0 Å². The molecule has 0 aliphatic rings. The van der Waals surface area contributed by atoms with Crippen LogP contribution in [0.1, 0.15) is 10.5 Å². The van der Waals surface area contributed by atoms with Crippen LogP contribution in [0.4, 0.5) is 5.69 Å². The van der Waals surface area contributed by atoms with Crippen molar-refractivity contribution in [2.45, 2.75) is 0 Å². The van der Waals surface area contributed by atoms with E-state index in [2.05, 4.69) is 15.0 Å². The average Bonchev–Trinajstić information content (AvgIpc) is 2.58. The van der Waals surface area contributed by atoms with Crippen LogP contribution in [0, 0.1) is 0 Å².